The maximum atomic E-state index is 12.8. The monoisotopic (exact) mass is 404 g/mol. The second-order valence-corrected chi connectivity index (χ2v) is 8.04. The van der Waals surface area contributed by atoms with Crippen molar-refractivity contribution in [1.82, 2.24) is 0 Å². The number of methoxy groups -OCH3 is 1. The van der Waals surface area contributed by atoms with E-state index < -0.39 is 30.2 Å². The van der Waals surface area contributed by atoms with Crippen molar-refractivity contribution in [3.63, 3.8) is 0 Å². The van der Waals surface area contributed by atoms with Gasteiger partial charge in [-0.3, -0.25) is 0 Å². The Morgan fingerprint density at radius 3 is 2.59 bits per heavy atom. The zero-order valence-corrected chi connectivity index (χ0v) is 17.6. The molecule has 0 radical (unpaired) electrons. The van der Waals surface area contributed by atoms with Crippen molar-refractivity contribution >= 4 is 5.97 Å². The third-order valence-electron chi connectivity index (χ3n) is 5.49. The fraction of sp³-hybridized carbons (Fsp3) is 0.522. The Bertz CT molecular complexity index is 767. The summed E-state index contributed by atoms with van der Waals surface area (Å²) in [6.45, 7) is 9.74. The van der Waals surface area contributed by atoms with E-state index in [2.05, 4.69) is 12.7 Å². The highest BCUT2D eigenvalue weighted by molar-refractivity contribution is 5.90. The minimum Gasteiger partial charge on any atom is -0.504 e. The van der Waals surface area contributed by atoms with Crippen molar-refractivity contribution in [1.29, 1.82) is 0 Å². The van der Waals surface area contributed by atoms with Crippen LogP contribution >= 0.6 is 0 Å². The molecule has 6 heteroatoms. The summed E-state index contributed by atoms with van der Waals surface area (Å²) in [6.07, 6.45) is 1.01. The van der Waals surface area contributed by atoms with E-state index in [9.17, 15) is 20.1 Å². The van der Waals surface area contributed by atoms with Gasteiger partial charge in [0.1, 0.15) is 12.2 Å². The molecule has 1 aliphatic rings. The Morgan fingerprint density at radius 2 is 1.97 bits per heavy atom. The number of aromatic hydroxyl groups is 1. The average molecular weight is 405 g/mol. The van der Waals surface area contributed by atoms with Crippen molar-refractivity contribution in [2.75, 3.05) is 7.11 Å². The first-order valence-corrected chi connectivity index (χ1v) is 9.93. The Kier molecular flexibility index (Phi) is 7.88. The Balaban J connectivity index is 2.37. The van der Waals surface area contributed by atoms with Gasteiger partial charge in [0.2, 0.25) is 0 Å². The number of esters is 1. The zero-order chi connectivity index (χ0) is 21.7. The predicted molar refractivity (Wildman–Crippen MR) is 111 cm³/mol. The summed E-state index contributed by atoms with van der Waals surface area (Å²) in [5.74, 6) is -1.01. The van der Waals surface area contributed by atoms with Crippen LogP contribution in [0.15, 0.2) is 42.0 Å². The van der Waals surface area contributed by atoms with Crippen molar-refractivity contribution in [3.05, 3.63) is 47.6 Å². The molecule has 0 saturated carbocycles. The number of carbonyl (C=O) groups excluding carboxylic acids is 1. The van der Waals surface area contributed by atoms with Crippen molar-refractivity contribution < 1.29 is 29.6 Å². The summed E-state index contributed by atoms with van der Waals surface area (Å²) in [6, 6.07) is 4.25. The Labute approximate surface area is 172 Å². The number of allylic oxidation sites excluding steroid dienone is 1. The summed E-state index contributed by atoms with van der Waals surface area (Å²) in [5, 5.41) is 31.2. The van der Waals surface area contributed by atoms with Gasteiger partial charge in [0.15, 0.2) is 11.5 Å². The SMILES string of the molecule is C=C1CC/C=C(\C)C[C@H](OC(=O)c2ccc(O)c(OC)c2)[C@H](C(C)C)[C@H](O)[C@H]1O. The van der Waals surface area contributed by atoms with Crippen LogP contribution in [0.5, 0.6) is 11.5 Å². The van der Waals surface area contributed by atoms with E-state index in [1.54, 1.807) is 0 Å². The molecule has 1 aromatic rings. The molecule has 0 heterocycles. The largest absolute Gasteiger partial charge is 0.504 e. The zero-order valence-electron chi connectivity index (χ0n) is 17.6. The van der Waals surface area contributed by atoms with Gasteiger partial charge in [-0.15, -0.1) is 0 Å². The van der Waals surface area contributed by atoms with Gasteiger partial charge in [0.25, 0.3) is 0 Å². The van der Waals surface area contributed by atoms with Crippen LogP contribution in [-0.2, 0) is 4.74 Å². The lowest BCUT2D eigenvalue weighted by molar-refractivity contribution is -0.0707. The molecule has 0 fully saturated rings. The third-order valence-corrected chi connectivity index (χ3v) is 5.49. The molecule has 1 aromatic carbocycles. The molecule has 3 N–H and O–H groups in total. The van der Waals surface area contributed by atoms with E-state index in [0.717, 1.165) is 5.57 Å². The molecule has 1 aliphatic carbocycles. The molecule has 0 spiro atoms. The molecule has 0 saturated heterocycles. The highest BCUT2D eigenvalue weighted by Gasteiger charge is 2.38. The molecule has 0 amide bonds. The van der Waals surface area contributed by atoms with Gasteiger partial charge in [0.05, 0.1) is 18.8 Å². The molecule has 2 rings (SSSR count). The van der Waals surface area contributed by atoms with Crippen LogP contribution in [0.1, 0.15) is 50.4 Å². The maximum absolute atomic E-state index is 12.8. The van der Waals surface area contributed by atoms with Gasteiger partial charge >= 0.3 is 5.97 Å². The topological polar surface area (TPSA) is 96.2 Å². The van der Waals surface area contributed by atoms with Crippen LogP contribution in [0.3, 0.4) is 0 Å². The number of hydrogen-bond donors (Lipinski definition) is 3. The van der Waals surface area contributed by atoms with E-state index in [-0.39, 0.29) is 23.0 Å². The molecule has 0 bridgehead atoms. The minimum atomic E-state index is -1.10. The number of carbonyl (C=O) groups is 1. The molecule has 4 atom stereocenters. The second kappa shape index (κ2) is 9.94. The normalized spacial score (nSPS) is 27.8. The number of benzene rings is 1. The van der Waals surface area contributed by atoms with Gasteiger partial charge in [0, 0.05) is 12.3 Å². The molecule has 29 heavy (non-hydrogen) atoms. The Hall–Kier alpha value is -2.31. The molecule has 6 nitrogen and oxygen atoms in total. The summed E-state index contributed by atoms with van der Waals surface area (Å²) in [4.78, 5) is 12.8. The van der Waals surface area contributed by atoms with Crippen LogP contribution in [-0.4, -0.2) is 46.7 Å². The number of aliphatic hydroxyl groups is 2. The molecular weight excluding hydrogens is 372 g/mol. The molecule has 0 aliphatic heterocycles. The van der Waals surface area contributed by atoms with E-state index in [4.69, 9.17) is 9.47 Å². The van der Waals surface area contributed by atoms with E-state index >= 15 is 0 Å². The molecule has 160 valence electrons. The second-order valence-electron chi connectivity index (χ2n) is 8.04. The van der Waals surface area contributed by atoms with Gasteiger partial charge in [-0.2, -0.15) is 0 Å². The summed E-state index contributed by atoms with van der Waals surface area (Å²) in [7, 11) is 1.40. The first kappa shape index (κ1) is 23.0. The van der Waals surface area contributed by atoms with E-state index in [1.807, 2.05) is 20.8 Å². The van der Waals surface area contributed by atoms with Crippen LogP contribution in [0.2, 0.25) is 0 Å². The number of rotatable bonds is 4. The quantitative estimate of drug-likeness (QED) is 0.524. The first-order chi connectivity index (χ1) is 13.6. The third kappa shape index (κ3) is 5.61. The Morgan fingerprint density at radius 1 is 1.28 bits per heavy atom. The average Bonchev–Trinajstić information content (AvgIpc) is 2.66. The van der Waals surface area contributed by atoms with Crippen molar-refractivity contribution in [2.45, 2.75) is 58.3 Å². The fourth-order valence-corrected chi connectivity index (χ4v) is 3.81. The van der Waals surface area contributed by atoms with Crippen molar-refractivity contribution in [3.8, 4) is 11.5 Å². The summed E-state index contributed by atoms with van der Waals surface area (Å²) in [5.41, 5.74) is 1.86. The molecule has 0 aromatic heterocycles. The van der Waals surface area contributed by atoms with Gasteiger partial charge < -0.3 is 24.8 Å². The smallest absolute Gasteiger partial charge is 0.338 e. The number of phenols is 1. The first-order valence-electron chi connectivity index (χ1n) is 9.93. The van der Waals surface area contributed by atoms with Crippen molar-refractivity contribution in [2.24, 2.45) is 11.8 Å². The number of phenolic OH excluding ortho intramolecular Hbond substituents is 1. The maximum Gasteiger partial charge on any atom is 0.338 e. The highest BCUT2D eigenvalue weighted by atomic mass is 16.5. The lowest BCUT2D eigenvalue weighted by atomic mass is 9.78. The van der Waals surface area contributed by atoms with Crippen LogP contribution in [0.25, 0.3) is 0 Å². The van der Waals surface area contributed by atoms with Crippen LogP contribution < -0.4 is 4.74 Å². The summed E-state index contributed by atoms with van der Waals surface area (Å²) >= 11 is 0. The standard InChI is InChI=1S/C23H32O6/c1-13(2)20-19(11-14(3)7-6-8-15(4)21(25)22(20)26)29-23(27)16-9-10-17(24)18(12-16)28-5/h7,9-10,12-13,19-22,24-26H,4,6,8,11H2,1-3,5H3/b14-7+/t19-,20-,21-,22-/m0/s1. The number of ether oxygens (including phenoxy) is 2. The van der Waals surface area contributed by atoms with Gasteiger partial charge in [-0.25, -0.2) is 4.79 Å². The predicted octanol–water partition coefficient (Wildman–Crippen LogP) is 3.61. The van der Waals surface area contributed by atoms with Gasteiger partial charge in [-0.05, 0) is 49.5 Å². The van der Waals surface area contributed by atoms with E-state index in [1.165, 1.54) is 25.3 Å². The molecular formula is C23H32O6. The minimum absolute atomic E-state index is 0.0492. The lowest BCUT2D eigenvalue weighted by Crippen LogP contribution is -2.45. The fourth-order valence-electron chi connectivity index (χ4n) is 3.81. The molecule has 0 unspecified atom stereocenters. The number of aliphatic hydroxyl groups excluding tert-OH is 2. The summed E-state index contributed by atoms with van der Waals surface area (Å²) < 4.78 is 10.9. The lowest BCUT2D eigenvalue weighted by Gasteiger charge is -2.37. The van der Waals surface area contributed by atoms with E-state index in [0.29, 0.717) is 24.8 Å². The van der Waals surface area contributed by atoms with Gasteiger partial charge in [-0.1, -0.05) is 32.1 Å². The number of hydrogen-bond acceptors (Lipinski definition) is 6. The highest BCUT2D eigenvalue weighted by Crippen LogP contribution is 2.33. The van der Waals surface area contributed by atoms with Crippen LogP contribution in [0.4, 0.5) is 0 Å². The van der Waals surface area contributed by atoms with Crippen LogP contribution in [0, 0.1) is 11.8 Å².